The molecule has 0 spiro atoms. The van der Waals surface area contributed by atoms with E-state index in [2.05, 4.69) is 24.9 Å². The van der Waals surface area contributed by atoms with E-state index in [-0.39, 0.29) is 5.97 Å². The van der Waals surface area contributed by atoms with Crippen LogP contribution < -0.4 is 0 Å². The summed E-state index contributed by atoms with van der Waals surface area (Å²) >= 11 is 3.09. The molecule has 22 heavy (non-hydrogen) atoms. The Morgan fingerprint density at radius 1 is 1.36 bits per heavy atom. The number of carbonyl (C=O) groups is 1. The van der Waals surface area contributed by atoms with Crippen LogP contribution in [-0.2, 0) is 9.53 Å². The molecular formula is C17H23NO2S2. The summed E-state index contributed by atoms with van der Waals surface area (Å²) in [5, 5.41) is 0. The Morgan fingerprint density at radius 2 is 2.18 bits per heavy atom. The average molecular weight is 338 g/mol. The van der Waals surface area contributed by atoms with Gasteiger partial charge in [0.2, 0.25) is 0 Å². The van der Waals surface area contributed by atoms with Gasteiger partial charge in [-0.25, -0.2) is 4.98 Å². The third-order valence-electron chi connectivity index (χ3n) is 3.61. The molecule has 0 radical (unpaired) electrons. The summed E-state index contributed by atoms with van der Waals surface area (Å²) in [5.74, 6) is 0.694. The van der Waals surface area contributed by atoms with E-state index in [0.717, 1.165) is 27.4 Å². The Balaban J connectivity index is 1.75. The zero-order valence-corrected chi connectivity index (χ0v) is 14.8. The fourth-order valence-corrected chi connectivity index (χ4v) is 4.05. The maximum Gasteiger partial charge on any atom is 0.316 e. The van der Waals surface area contributed by atoms with Gasteiger partial charge in [0.15, 0.2) is 4.34 Å². The van der Waals surface area contributed by atoms with Crippen LogP contribution in [-0.4, -0.2) is 23.3 Å². The zero-order valence-electron chi connectivity index (χ0n) is 13.2. The number of thiazole rings is 1. The minimum Gasteiger partial charge on any atom is -0.465 e. The Kier molecular flexibility index (Phi) is 7.19. The van der Waals surface area contributed by atoms with Crippen molar-refractivity contribution in [2.45, 2.75) is 43.9 Å². The van der Waals surface area contributed by atoms with Crippen LogP contribution in [0.5, 0.6) is 0 Å². The highest BCUT2D eigenvalue weighted by molar-refractivity contribution is 8.01. The molecule has 0 saturated carbocycles. The summed E-state index contributed by atoms with van der Waals surface area (Å²) in [6.07, 6.45) is 4.61. The predicted octanol–water partition coefficient (Wildman–Crippen LogP) is 5.15. The van der Waals surface area contributed by atoms with Crippen molar-refractivity contribution in [2.75, 3.05) is 12.4 Å². The highest BCUT2D eigenvalue weighted by atomic mass is 32.2. The standard InChI is InChI=1S/C17H23NO2S2/c1-3-5-8-13(4-2)11-20-16(19)12-21-17-18-14-9-6-7-10-15(14)22-17/h6-7,9-10,13H,3-5,8,11-12H2,1-2H3. The van der Waals surface area contributed by atoms with Crippen molar-refractivity contribution >= 4 is 39.3 Å². The molecule has 0 N–H and O–H groups in total. The summed E-state index contributed by atoms with van der Waals surface area (Å²) < 4.78 is 7.49. The first-order chi connectivity index (χ1) is 10.7. The molecule has 3 nitrogen and oxygen atoms in total. The third-order valence-corrected chi connectivity index (χ3v) is 5.76. The van der Waals surface area contributed by atoms with E-state index >= 15 is 0 Å². The number of esters is 1. The maximum atomic E-state index is 11.9. The molecule has 2 rings (SSSR count). The van der Waals surface area contributed by atoms with E-state index in [0.29, 0.717) is 18.3 Å². The number of para-hydroxylation sites is 1. The Morgan fingerprint density at radius 3 is 2.91 bits per heavy atom. The lowest BCUT2D eigenvalue weighted by atomic mass is 10.0. The SMILES string of the molecule is CCCCC(CC)COC(=O)CSc1nc2ccccc2s1. The molecule has 0 aliphatic heterocycles. The fraction of sp³-hybridized carbons (Fsp3) is 0.529. The minimum atomic E-state index is -0.140. The summed E-state index contributed by atoms with van der Waals surface area (Å²) in [5.41, 5.74) is 0.994. The molecule has 0 bridgehead atoms. The second-order valence-corrected chi connectivity index (χ2v) is 7.59. The molecule has 1 aromatic heterocycles. The van der Waals surface area contributed by atoms with Crippen LogP contribution in [0.2, 0.25) is 0 Å². The van der Waals surface area contributed by atoms with Gasteiger partial charge < -0.3 is 4.74 Å². The third kappa shape index (κ3) is 5.29. The van der Waals surface area contributed by atoms with Gasteiger partial charge in [0.1, 0.15) is 0 Å². The quantitative estimate of drug-likeness (QED) is 0.469. The second kappa shape index (κ2) is 9.16. The van der Waals surface area contributed by atoms with E-state index in [4.69, 9.17) is 4.74 Å². The maximum absolute atomic E-state index is 11.9. The average Bonchev–Trinajstić information content (AvgIpc) is 2.96. The monoisotopic (exact) mass is 337 g/mol. The summed E-state index contributed by atoms with van der Waals surface area (Å²) in [6.45, 7) is 4.90. The van der Waals surface area contributed by atoms with Crippen LogP contribution in [0.1, 0.15) is 39.5 Å². The van der Waals surface area contributed by atoms with E-state index < -0.39 is 0 Å². The van der Waals surface area contributed by atoms with E-state index in [1.54, 1.807) is 11.3 Å². The van der Waals surface area contributed by atoms with Crippen LogP contribution in [0.25, 0.3) is 10.2 Å². The molecule has 1 unspecified atom stereocenters. The smallest absolute Gasteiger partial charge is 0.316 e. The van der Waals surface area contributed by atoms with E-state index in [9.17, 15) is 4.79 Å². The minimum absolute atomic E-state index is 0.140. The lowest BCUT2D eigenvalue weighted by Crippen LogP contribution is -2.15. The molecule has 2 aromatic rings. The number of thioether (sulfide) groups is 1. The van der Waals surface area contributed by atoms with Gasteiger partial charge >= 0.3 is 5.97 Å². The van der Waals surface area contributed by atoms with Gasteiger partial charge in [0.25, 0.3) is 0 Å². The normalized spacial score (nSPS) is 12.5. The summed E-state index contributed by atoms with van der Waals surface area (Å²) in [7, 11) is 0. The van der Waals surface area contributed by atoms with E-state index in [1.807, 2.05) is 18.2 Å². The molecule has 1 aromatic carbocycles. The molecule has 5 heteroatoms. The largest absolute Gasteiger partial charge is 0.465 e. The van der Waals surface area contributed by atoms with Gasteiger partial charge in [0, 0.05) is 0 Å². The van der Waals surface area contributed by atoms with Crippen LogP contribution in [0.4, 0.5) is 0 Å². The van der Waals surface area contributed by atoms with Crippen LogP contribution >= 0.6 is 23.1 Å². The number of unbranched alkanes of at least 4 members (excludes halogenated alkanes) is 1. The van der Waals surface area contributed by atoms with Crippen molar-refractivity contribution in [1.29, 1.82) is 0 Å². The first-order valence-corrected chi connectivity index (χ1v) is 9.67. The van der Waals surface area contributed by atoms with Gasteiger partial charge in [-0.15, -0.1) is 11.3 Å². The van der Waals surface area contributed by atoms with Gasteiger partial charge in [-0.1, -0.05) is 57.0 Å². The molecule has 0 aliphatic rings. The number of hydrogen-bond donors (Lipinski definition) is 0. The molecule has 1 heterocycles. The number of nitrogens with zero attached hydrogens (tertiary/aromatic N) is 1. The Bertz CT molecular complexity index is 564. The first kappa shape index (κ1) is 17.3. The molecule has 0 amide bonds. The van der Waals surface area contributed by atoms with Crippen molar-refractivity contribution in [2.24, 2.45) is 5.92 Å². The Hall–Kier alpha value is -1.07. The number of fused-ring (bicyclic) bond motifs is 1. The fourth-order valence-electron chi connectivity index (χ4n) is 2.18. The highest BCUT2D eigenvalue weighted by Crippen LogP contribution is 2.29. The topological polar surface area (TPSA) is 39.2 Å². The molecule has 120 valence electrons. The zero-order chi connectivity index (χ0) is 15.8. The Labute approximate surface area is 140 Å². The van der Waals surface area contributed by atoms with Crippen molar-refractivity contribution in [3.05, 3.63) is 24.3 Å². The lowest BCUT2D eigenvalue weighted by molar-refractivity contribution is -0.141. The molecule has 0 aliphatic carbocycles. The van der Waals surface area contributed by atoms with Crippen molar-refractivity contribution in [1.82, 2.24) is 4.98 Å². The van der Waals surface area contributed by atoms with Gasteiger partial charge in [-0.2, -0.15) is 0 Å². The first-order valence-electron chi connectivity index (χ1n) is 7.87. The predicted molar refractivity (Wildman–Crippen MR) is 94.6 cm³/mol. The molecular weight excluding hydrogens is 314 g/mol. The number of rotatable bonds is 9. The number of hydrogen-bond acceptors (Lipinski definition) is 5. The van der Waals surface area contributed by atoms with Crippen LogP contribution in [0.15, 0.2) is 28.6 Å². The number of carbonyl (C=O) groups excluding carboxylic acids is 1. The summed E-state index contributed by atoms with van der Waals surface area (Å²) in [6, 6.07) is 8.03. The molecule has 1 atom stereocenters. The highest BCUT2D eigenvalue weighted by Gasteiger charge is 2.12. The van der Waals surface area contributed by atoms with Crippen molar-refractivity contribution < 1.29 is 9.53 Å². The van der Waals surface area contributed by atoms with Gasteiger partial charge in [-0.3, -0.25) is 4.79 Å². The summed E-state index contributed by atoms with van der Waals surface area (Å²) in [4.78, 5) is 16.4. The number of aromatic nitrogens is 1. The van der Waals surface area contributed by atoms with Gasteiger partial charge in [-0.05, 0) is 24.5 Å². The number of benzene rings is 1. The lowest BCUT2D eigenvalue weighted by Gasteiger charge is -2.14. The van der Waals surface area contributed by atoms with Crippen molar-refractivity contribution in [3.63, 3.8) is 0 Å². The van der Waals surface area contributed by atoms with E-state index in [1.165, 1.54) is 24.6 Å². The van der Waals surface area contributed by atoms with Crippen LogP contribution in [0, 0.1) is 5.92 Å². The van der Waals surface area contributed by atoms with Crippen LogP contribution in [0.3, 0.4) is 0 Å². The number of ether oxygens (including phenoxy) is 1. The molecule has 0 fully saturated rings. The second-order valence-electron chi connectivity index (χ2n) is 5.34. The van der Waals surface area contributed by atoms with Gasteiger partial charge in [0.05, 0.1) is 22.6 Å². The molecule has 0 saturated heterocycles. The van der Waals surface area contributed by atoms with Crippen molar-refractivity contribution in [3.8, 4) is 0 Å².